The lowest BCUT2D eigenvalue weighted by molar-refractivity contribution is 0.133. The van der Waals surface area contributed by atoms with Crippen molar-refractivity contribution < 1.29 is 4.74 Å². The number of nitrogens with zero attached hydrogens (tertiary/aromatic N) is 3. The van der Waals surface area contributed by atoms with Gasteiger partial charge in [0, 0.05) is 30.9 Å². The third-order valence-electron chi connectivity index (χ3n) is 3.59. The van der Waals surface area contributed by atoms with E-state index in [0.717, 1.165) is 30.2 Å². The first-order chi connectivity index (χ1) is 8.38. The van der Waals surface area contributed by atoms with Gasteiger partial charge in [0.15, 0.2) is 0 Å². The molecule has 3 heterocycles. The van der Waals surface area contributed by atoms with Crippen molar-refractivity contribution in [3.8, 4) is 0 Å². The van der Waals surface area contributed by atoms with Gasteiger partial charge in [0.1, 0.15) is 0 Å². The summed E-state index contributed by atoms with van der Waals surface area (Å²) in [7, 11) is 0. The SMILES string of the molecule is NCC1CCCCN1c1ncc2c(n1)COC2. The Morgan fingerprint density at radius 2 is 2.35 bits per heavy atom. The van der Waals surface area contributed by atoms with E-state index in [1.165, 1.54) is 12.8 Å². The highest BCUT2D eigenvalue weighted by atomic mass is 16.5. The van der Waals surface area contributed by atoms with Gasteiger partial charge in [-0.1, -0.05) is 0 Å². The number of piperidine rings is 1. The number of ether oxygens (including phenoxy) is 1. The summed E-state index contributed by atoms with van der Waals surface area (Å²) in [5.74, 6) is 0.824. The van der Waals surface area contributed by atoms with Gasteiger partial charge in [-0.2, -0.15) is 0 Å². The maximum absolute atomic E-state index is 5.82. The maximum atomic E-state index is 5.82. The second-order valence-electron chi connectivity index (χ2n) is 4.71. The highest BCUT2D eigenvalue weighted by Crippen LogP contribution is 2.24. The summed E-state index contributed by atoms with van der Waals surface area (Å²) in [4.78, 5) is 11.3. The summed E-state index contributed by atoms with van der Waals surface area (Å²) in [6.45, 7) is 2.96. The van der Waals surface area contributed by atoms with Crippen molar-refractivity contribution >= 4 is 5.95 Å². The molecule has 2 aliphatic heterocycles. The van der Waals surface area contributed by atoms with E-state index in [1.807, 2.05) is 6.20 Å². The highest BCUT2D eigenvalue weighted by Gasteiger charge is 2.24. The summed E-state index contributed by atoms with van der Waals surface area (Å²) < 4.78 is 5.36. The van der Waals surface area contributed by atoms with Crippen molar-refractivity contribution in [1.82, 2.24) is 9.97 Å². The quantitative estimate of drug-likeness (QED) is 0.821. The Labute approximate surface area is 101 Å². The Balaban J connectivity index is 1.87. The third-order valence-corrected chi connectivity index (χ3v) is 3.59. The van der Waals surface area contributed by atoms with Crippen LogP contribution in [0.3, 0.4) is 0 Å². The molecular weight excluding hydrogens is 216 g/mol. The van der Waals surface area contributed by atoms with Gasteiger partial charge in [-0.05, 0) is 19.3 Å². The average Bonchev–Trinajstić information content (AvgIpc) is 2.85. The Bertz CT molecular complexity index is 409. The molecule has 1 aromatic heterocycles. The lowest BCUT2D eigenvalue weighted by Gasteiger charge is -2.35. The first-order valence-corrected chi connectivity index (χ1v) is 6.27. The predicted molar refractivity (Wildman–Crippen MR) is 64.6 cm³/mol. The van der Waals surface area contributed by atoms with E-state index in [1.54, 1.807) is 0 Å². The molecule has 0 amide bonds. The molecule has 5 heteroatoms. The van der Waals surface area contributed by atoms with Crippen molar-refractivity contribution in [2.75, 3.05) is 18.0 Å². The number of anilines is 1. The average molecular weight is 234 g/mol. The molecular formula is C12H18N4O. The van der Waals surface area contributed by atoms with Crippen molar-refractivity contribution in [2.45, 2.75) is 38.5 Å². The van der Waals surface area contributed by atoms with E-state index in [0.29, 0.717) is 25.8 Å². The zero-order valence-electron chi connectivity index (χ0n) is 9.93. The number of hydrogen-bond donors (Lipinski definition) is 1. The molecule has 1 atom stereocenters. The number of fused-ring (bicyclic) bond motifs is 1. The molecule has 92 valence electrons. The molecule has 0 aromatic carbocycles. The van der Waals surface area contributed by atoms with Crippen molar-refractivity contribution in [2.24, 2.45) is 5.73 Å². The van der Waals surface area contributed by atoms with Gasteiger partial charge in [-0.15, -0.1) is 0 Å². The summed E-state index contributed by atoms with van der Waals surface area (Å²) >= 11 is 0. The van der Waals surface area contributed by atoms with Crippen molar-refractivity contribution in [3.05, 3.63) is 17.5 Å². The number of hydrogen-bond acceptors (Lipinski definition) is 5. The van der Waals surface area contributed by atoms with Gasteiger partial charge >= 0.3 is 0 Å². The van der Waals surface area contributed by atoms with Gasteiger partial charge in [0.25, 0.3) is 0 Å². The van der Waals surface area contributed by atoms with Crippen molar-refractivity contribution in [3.63, 3.8) is 0 Å². The van der Waals surface area contributed by atoms with E-state index in [-0.39, 0.29) is 0 Å². The summed E-state index contributed by atoms with van der Waals surface area (Å²) in [6, 6.07) is 0.393. The molecule has 0 aliphatic carbocycles. The van der Waals surface area contributed by atoms with Crippen LogP contribution in [0.4, 0.5) is 5.95 Å². The first kappa shape index (κ1) is 10.9. The zero-order valence-corrected chi connectivity index (χ0v) is 9.93. The minimum atomic E-state index is 0.393. The van der Waals surface area contributed by atoms with Crippen LogP contribution < -0.4 is 10.6 Å². The summed E-state index contributed by atoms with van der Waals surface area (Å²) in [5.41, 5.74) is 7.98. The van der Waals surface area contributed by atoms with Crippen LogP contribution in [0.2, 0.25) is 0 Å². The second kappa shape index (κ2) is 4.58. The number of nitrogens with two attached hydrogens (primary N) is 1. The Kier molecular flexibility index (Phi) is 2.94. The summed E-state index contributed by atoms with van der Waals surface area (Å²) in [6.07, 6.45) is 5.50. The predicted octanol–water partition coefficient (Wildman–Crippen LogP) is 0.824. The molecule has 2 aliphatic rings. The molecule has 0 bridgehead atoms. The van der Waals surface area contributed by atoms with E-state index in [4.69, 9.17) is 10.5 Å². The molecule has 1 unspecified atom stereocenters. The Hall–Kier alpha value is -1.20. The van der Waals surface area contributed by atoms with Gasteiger partial charge < -0.3 is 15.4 Å². The lowest BCUT2D eigenvalue weighted by Crippen LogP contribution is -2.45. The van der Waals surface area contributed by atoms with Crippen LogP contribution in [-0.2, 0) is 18.0 Å². The maximum Gasteiger partial charge on any atom is 0.225 e. The molecule has 17 heavy (non-hydrogen) atoms. The lowest BCUT2D eigenvalue weighted by atomic mass is 10.0. The van der Waals surface area contributed by atoms with Gasteiger partial charge in [-0.3, -0.25) is 0 Å². The van der Waals surface area contributed by atoms with Crippen LogP contribution in [0.25, 0.3) is 0 Å². The third kappa shape index (κ3) is 2.00. The molecule has 2 N–H and O–H groups in total. The fourth-order valence-corrected chi connectivity index (χ4v) is 2.58. The van der Waals surface area contributed by atoms with E-state index in [2.05, 4.69) is 14.9 Å². The molecule has 3 rings (SSSR count). The minimum Gasteiger partial charge on any atom is -0.370 e. The smallest absolute Gasteiger partial charge is 0.225 e. The van der Waals surface area contributed by atoms with Crippen molar-refractivity contribution in [1.29, 1.82) is 0 Å². The zero-order chi connectivity index (χ0) is 11.7. The van der Waals surface area contributed by atoms with Crippen LogP contribution >= 0.6 is 0 Å². The van der Waals surface area contributed by atoms with E-state index >= 15 is 0 Å². The molecule has 1 aromatic rings. The Morgan fingerprint density at radius 3 is 3.24 bits per heavy atom. The summed E-state index contributed by atoms with van der Waals surface area (Å²) in [5, 5.41) is 0. The van der Waals surface area contributed by atoms with E-state index < -0.39 is 0 Å². The molecule has 1 fully saturated rings. The largest absolute Gasteiger partial charge is 0.370 e. The molecule has 1 saturated heterocycles. The Morgan fingerprint density at radius 1 is 1.41 bits per heavy atom. The highest BCUT2D eigenvalue weighted by molar-refractivity contribution is 5.36. The molecule has 0 saturated carbocycles. The van der Waals surface area contributed by atoms with Crippen LogP contribution in [-0.4, -0.2) is 29.1 Å². The van der Waals surface area contributed by atoms with E-state index in [9.17, 15) is 0 Å². The molecule has 5 nitrogen and oxygen atoms in total. The fraction of sp³-hybridized carbons (Fsp3) is 0.667. The minimum absolute atomic E-state index is 0.393. The topological polar surface area (TPSA) is 64.3 Å². The molecule has 0 radical (unpaired) electrons. The van der Waals surface area contributed by atoms with Gasteiger partial charge in [0.05, 0.1) is 18.9 Å². The monoisotopic (exact) mass is 234 g/mol. The number of aromatic nitrogens is 2. The standard InChI is InChI=1S/C12H18N4O/c13-5-10-3-1-2-4-16(10)12-14-6-9-7-17-8-11(9)15-12/h6,10H,1-5,7-8,13H2. The normalized spacial score (nSPS) is 23.8. The van der Waals surface area contributed by atoms with Crippen LogP contribution in [0.1, 0.15) is 30.5 Å². The van der Waals surface area contributed by atoms with Gasteiger partial charge in [0.2, 0.25) is 5.95 Å². The first-order valence-electron chi connectivity index (χ1n) is 6.27. The second-order valence-corrected chi connectivity index (χ2v) is 4.71. The van der Waals surface area contributed by atoms with Crippen LogP contribution in [0.5, 0.6) is 0 Å². The van der Waals surface area contributed by atoms with Crippen LogP contribution in [0, 0.1) is 0 Å². The fourth-order valence-electron chi connectivity index (χ4n) is 2.58. The number of rotatable bonds is 2. The molecule has 0 spiro atoms. The van der Waals surface area contributed by atoms with Crippen LogP contribution in [0.15, 0.2) is 6.20 Å². The van der Waals surface area contributed by atoms with Gasteiger partial charge in [-0.25, -0.2) is 9.97 Å².